The van der Waals surface area contributed by atoms with Gasteiger partial charge in [0.1, 0.15) is 6.04 Å². The maximum absolute atomic E-state index is 12.0. The van der Waals surface area contributed by atoms with Gasteiger partial charge in [-0.05, 0) is 6.42 Å². The van der Waals surface area contributed by atoms with Crippen LogP contribution in [0.1, 0.15) is 70.4 Å². The number of amides is 1. The summed E-state index contributed by atoms with van der Waals surface area (Å²) in [6.45, 7) is 2.21. The van der Waals surface area contributed by atoms with E-state index in [-0.39, 0.29) is 5.91 Å². The monoisotopic (exact) mass is 337 g/mol. The molecule has 0 aliphatic heterocycles. The van der Waals surface area contributed by atoms with Crippen LogP contribution < -0.4 is 5.32 Å². The van der Waals surface area contributed by atoms with Crippen molar-refractivity contribution in [1.29, 1.82) is 0 Å². The van der Waals surface area contributed by atoms with Crippen LogP contribution in [0.5, 0.6) is 0 Å². The summed E-state index contributed by atoms with van der Waals surface area (Å²) in [6.07, 6.45) is 13.5. The third-order valence-corrected chi connectivity index (χ3v) is 4.06. The lowest BCUT2D eigenvalue weighted by Crippen LogP contribution is -2.43. The Labute approximate surface area is 144 Å². The summed E-state index contributed by atoms with van der Waals surface area (Å²) >= 11 is 0. The number of ether oxygens (including phenoxy) is 1. The second kappa shape index (κ2) is 12.6. The molecule has 1 atom stereocenters. The van der Waals surface area contributed by atoms with Gasteiger partial charge in [0.15, 0.2) is 0 Å². The summed E-state index contributed by atoms with van der Waals surface area (Å²) in [5.74, 6) is -0.537. The average molecular weight is 337 g/mol. The molecule has 0 radical (unpaired) electrons. The van der Waals surface area contributed by atoms with Gasteiger partial charge in [-0.15, -0.1) is 0 Å². The van der Waals surface area contributed by atoms with E-state index in [9.17, 15) is 9.59 Å². The van der Waals surface area contributed by atoms with Crippen molar-refractivity contribution in [1.82, 2.24) is 15.3 Å². The van der Waals surface area contributed by atoms with E-state index in [4.69, 9.17) is 4.74 Å². The summed E-state index contributed by atoms with van der Waals surface area (Å²) < 4.78 is 4.76. The fourth-order valence-corrected chi connectivity index (χ4v) is 2.64. The summed E-state index contributed by atoms with van der Waals surface area (Å²) in [6, 6.07) is -0.669. The minimum absolute atomic E-state index is 0.101. The van der Waals surface area contributed by atoms with E-state index in [0.29, 0.717) is 12.8 Å². The van der Waals surface area contributed by atoms with Gasteiger partial charge in [0.05, 0.1) is 13.4 Å². The molecule has 0 saturated carbocycles. The molecular weight excluding hydrogens is 306 g/mol. The maximum Gasteiger partial charge on any atom is 0.328 e. The Bertz CT molecular complexity index is 460. The molecule has 0 saturated heterocycles. The first-order valence-electron chi connectivity index (χ1n) is 9.01. The Kier molecular flexibility index (Phi) is 10.6. The van der Waals surface area contributed by atoms with Crippen LogP contribution >= 0.6 is 0 Å². The first kappa shape index (κ1) is 20.2. The number of carbonyl (C=O) groups is 2. The fourth-order valence-electron chi connectivity index (χ4n) is 2.64. The smallest absolute Gasteiger partial charge is 0.328 e. The van der Waals surface area contributed by atoms with Gasteiger partial charge in [-0.3, -0.25) is 4.79 Å². The van der Waals surface area contributed by atoms with Gasteiger partial charge in [-0.2, -0.15) is 0 Å². The third kappa shape index (κ3) is 8.70. The highest BCUT2D eigenvalue weighted by Gasteiger charge is 2.22. The van der Waals surface area contributed by atoms with Crippen molar-refractivity contribution < 1.29 is 14.3 Å². The van der Waals surface area contributed by atoms with Gasteiger partial charge < -0.3 is 15.0 Å². The van der Waals surface area contributed by atoms with Crippen LogP contribution in [0.2, 0.25) is 0 Å². The number of carbonyl (C=O) groups excluding carboxylic acids is 2. The van der Waals surface area contributed by atoms with Crippen molar-refractivity contribution in [2.24, 2.45) is 0 Å². The molecule has 0 unspecified atom stereocenters. The van der Waals surface area contributed by atoms with Crippen molar-refractivity contribution in [2.75, 3.05) is 7.11 Å². The third-order valence-electron chi connectivity index (χ3n) is 4.06. The molecule has 0 bridgehead atoms. The molecule has 0 aromatic carbocycles. The van der Waals surface area contributed by atoms with Gasteiger partial charge in [0, 0.05) is 24.7 Å². The van der Waals surface area contributed by atoms with Crippen LogP contribution in [0.25, 0.3) is 0 Å². The number of unbranched alkanes of at least 4 members (excludes halogenated alkanes) is 7. The first-order chi connectivity index (χ1) is 11.7. The number of nitrogens with one attached hydrogen (secondary N) is 2. The minimum atomic E-state index is -0.669. The zero-order valence-electron chi connectivity index (χ0n) is 15.0. The molecule has 0 aliphatic carbocycles. The lowest BCUT2D eigenvalue weighted by atomic mass is 10.1. The second-order valence-electron chi connectivity index (χ2n) is 6.15. The predicted molar refractivity (Wildman–Crippen MR) is 93.5 cm³/mol. The number of rotatable bonds is 13. The van der Waals surface area contributed by atoms with Crippen molar-refractivity contribution >= 4 is 11.9 Å². The topological polar surface area (TPSA) is 84.1 Å². The Hall–Kier alpha value is -1.85. The Morgan fingerprint density at radius 1 is 1.17 bits per heavy atom. The van der Waals surface area contributed by atoms with E-state index in [0.717, 1.165) is 18.5 Å². The van der Waals surface area contributed by atoms with E-state index >= 15 is 0 Å². The molecule has 136 valence electrons. The molecule has 2 N–H and O–H groups in total. The number of imidazole rings is 1. The largest absolute Gasteiger partial charge is 0.467 e. The lowest BCUT2D eigenvalue weighted by Gasteiger charge is -2.15. The molecule has 6 nitrogen and oxygen atoms in total. The van der Waals surface area contributed by atoms with E-state index in [2.05, 4.69) is 22.2 Å². The normalized spacial score (nSPS) is 11.9. The number of aromatic nitrogens is 2. The second-order valence-corrected chi connectivity index (χ2v) is 6.15. The lowest BCUT2D eigenvalue weighted by molar-refractivity contribution is -0.145. The van der Waals surface area contributed by atoms with E-state index in [1.54, 1.807) is 12.5 Å². The van der Waals surface area contributed by atoms with E-state index < -0.39 is 12.0 Å². The summed E-state index contributed by atoms with van der Waals surface area (Å²) in [7, 11) is 1.33. The maximum atomic E-state index is 12.0. The number of esters is 1. The molecular formula is C18H31N3O3. The van der Waals surface area contributed by atoms with E-state index in [1.165, 1.54) is 45.6 Å². The van der Waals surface area contributed by atoms with Crippen LogP contribution in [0, 0.1) is 0 Å². The Morgan fingerprint density at radius 2 is 1.83 bits per heavy atom. The van der Waals surface area contributed by atoms with Gasteiger partial charge in [-0.1, -0.05) is 51.9 Å². The van der Waals surface area contributed by atoms with Gasteiger partial charge >= 0.3 is 5.97 Å². The van der Waals surface area contributed by atoms with Crippen LogP contribution in [0.4, 0.5) is 0 Å². The van der Waals surface area contributed by atoms with Crippen molar-refractivity contribution in [2.45, 2.75) is 77.2 Å². The molecule has 1 aromatic heterocycles. The van der Waals surface area contributed by atoms with Crippen molar-refractivity contribution in [3.63, 3.8) is 0 Å². The number of aromatic amines is 1. The highest BCUT2D eigenvalue weighted by molar-refractivity contribution is 5.84. The van der Waals surface area contributed by atoms with E-state index in [1.807, 2.05) is 0 Å². The first-order valence-corrected chi connectivity index (χ1v) is 9.01. The quantitative estimate of drug-likeness (QED) is 0.428. The molecule has 0 spiro atoms. The minimum Gasteiger partial charge on any atom is -0.467 e. The molecule has 0 fully saturated rings. The molecule has 24 heavy (non-hydrogen) atoms. The highest BCUT2D eigenvalue weighted by Crippen LogP contribution is 2.10. The van der Waals surface area contributed by atoms with Crippen molar-refractivity contribution in [3.8, 4) is 0 Å². The molecule has 6 heteroatoms. The number of H-pyrrole nitrogens is 1. The van der Waals surface area contributed by atoms with Crippen molar-refractivity contribution in [3.05, 3.63) is 18.2 Å². The zero-order chi connectivity index (χ0) is 17.6. The number of methoxy groups -OCH3 is 1. The Balaban J connectivity index is 2.21. The molecule has 1 amide bonds. The predicted octanol–water partition coefficient (Wildman–Crippen LogP) is 3.14. The van der Waals surface area contributed by atoms with Crippen LogP contribution in [0.15, 0.2) is 12.5 Å². The van der Waals surface area contributed by atoms with Crippen LogP contribution in [0.3, 0.4) is 0 Å². The molecule has 1 rings (SSSR count). The number of nitrogens with zero attached hydrogens (tertiary/aromatic N) is 1. The van der Waals surface area contributed by atoms with Gasteiger partial charge in [-0.25, -0.2) is 9.78 Å². The standard InChI is InChI=1S/C18H31N3O3/c1-3-4-5-6-7-8-9-10-11-17(22)21-16(18(23)24-2)12-15-13-19-14-20-15/h13-14,16H,3-12H2,1-2H3,(H,19,20)(H,21,22)/t16-/m0/s1. The summed E-state index contributed by atoms with van der Waals surface area (Å²) in [4.78, 5) is 30.7. The molecule has 1 heterocycles. The van der Waals surface area contributed by atoms with Gasteiger partial charge in [0.2, 0.25) is 5.91 Å². The number of hydrogen-bond acceptors (Lipinski definition) is 4. The molecule has 0 aliphatic rings. The van der Waals surface area contributed by atoms with Crippen LogP contribution in [-0.4, -0.2) is 35.0 Å². The van der Waals surface area contributed by atoms with Gasteiger partial charge in [0.25, 0.3) is 0 Å². The average Bonchev–Trinajstić information content (AvgIpc) is 3.09. The molecule has 1 aromatic rings. The fraction of sp³-hybridized carbons (Fsp3) is 0.722. The van der Waals surface area contributed by atoms with Crippen LogP contribution in [-0.2, 0) is 20.7 Å². The summed E-state index contributed by atoms with van der Waals surface area (Å²) in [5, 5.41) is 2.76. The number of hydrogen-bond donors (Lipinski definition) is 2. The Morgan fingerprint density at radius 3 is 2.42 bits per heavy atom. The summed E-state index contributed by atoms with van der Waals surface area (Å²) in [5.41, 5.74) is 0.790. The SMILES string of the molecule is CCCCCCCCCCC(=O)N[C@@H](Cc1cnc[nH]1)C(=O)OC. The highest BCUT2D eigenvalue weighted by atomic mass is 16.5. The zero-order valence-corrected chi connectivity index (χ0v) is 15.0.